The smallest absolute Gasteiger partial charge is 0.317 e. The van der Waals surface area contributed by atoms with Crippen LogP contribution in [0.2, 0.25) is 0 Å². The lowest BCUT2D eigenvalue weighted by Gasteiger charge is -2.15. The number of hydrogen-bond donors (Lipinski definition) is 1. The van der Waals surface area contributed by atoms with Crippen molar-refractivity contribution in [2.24, 2.45) is 0 Å². The maximum Gasteiger partial charge on any atom is 0.317 e. The van der Waals surface area contributed by atoms with Crippen molar-refractivity contribution in [3.05, 3.63) is 68.7 Å². The van der Waals surface area contributed by atoms with Crippen LogP contribution in [-0.4, -0.2) is 29.3 Å². The number of aromatic nitrogens is 2. The molecule has 152 valence electrons. The molecule has 2 aromatic carbocycles. The summed E-state index contributed by atoms with van der Waals surface area (Å²) in [5, 5.41) is 2.77. The summed E-state index contributed by atoms with van der Waals surface area (Å²) in [5.41, 5.74) is 0.516. The molecule has 0 fully saturated rings. The Bertz CT molecular complexity index is 1160. The van der Waals surface area contributed by atoms with Gasteiger partial charge in [0, 0.05) is 18.7 Å². The summed E-state index contributed by atoms with van der Waals surface area (Å²) in [6, 6.07) is 12.4. The number of benzene rings is 2. The number of carbonyl (C=O) groups excluding carboxylic acids is 1. The summed E-state index contributed by atoms with van der Waals surface area (Å²) in [7, 11) is 3.06. The third-order valence-electron chi connectivity index (χ3n) is 4.72. The molecule has 0 saturated heterocycles. The maximum atomic E-state index is 12.6. The second-order valence-electron chi connectivity index (χ2n) is 6.36. The lowest BCUT2D eigenvalue weighted by Crippen LogP contribution is -2.43. The van der Waals surface area contributed by atoms with E-state index in [1.807, 2.05) is 6.07 Å². The summed E-state index contributed by atoms with van der Waals surface area (Å²) in [6.45, 7) is 2.10. The van der Waals surface area contributed by atoms with E-state index in [2.05, 4.69) is 5.32 Å². The molecule has 0 spiro atoms. The molecule has 0 aliphatic rings. The van der Waals surface area contributed by atoms with Crippen molar-refractivity contribution in [3.63, 3.8) is 0 Å². The molecule has 0 atom stereocenters. The monoisotopic (exact) mass is 397 g/mol. The molecule has 0 aliphatic carbocycles. The fourth-order valence-electron chi connectivity index (χ4n) is 3.33. The van der Waals surface area contributed by atoms with Gasteiger partial charge in [0.25, 0.3) is 0 Å². The van der Waals surface area contributed by atoms with Crippen molar-refractivity contribution in [1.29, 1.82) is 0 Å². The molecule has 8 nitrogen and oxygen atoms in total. The quantitative estimate of drug-likeness (QED) is 0.611. The number of nitrogens with zero attached hydrogens (tertiary/aromatic N) is 2. The number of nitrogens with one attached hydrogen (secondary N) is 1. The van der Waals surface area contributed by atoms with Gasteiger partial charge in [0.05, 0.1) is 25.3 Å². The Labute approximate surface area is 167 Å². The Balaban J connectivity index is 1.88. The first-order chi connectivity index (χ1) is 14.0. The van der Waals surface area contributed by atoms with Gasteiger partial charge in [-0.3, -0.25) is 19.0 Å². The van der Waals surface area contributed by atoms with Crippen molar-refractivity contribution < 1.29 is 14.3 Å². The van der Waals surface area contributed by atoms with Gasteiger partial charge in [-0.2, -0.15) is 0 Å². The van der Waals surface area contributed by atoms with Crippen molar-refractivity contribution in [3.8, 4) is 11.5 Å². The van der Waals surface area contributed by atoms with E-state index < -0.39 is 17.0 Å². The van der Waals surface area contributed by atoms with Crippen LogP contribution in [0, 0.1) is 0 Å². The van der Waals surface area contributed by atoms with Gasteiger partial charge in [0.1, 0.15) is 6.54 Å². The van der Waals surface area contributed by atoms with E-state index in [4.69, 9.17) is 9.47 Å². The molecule has 0 radical (unpaired) electrons. The Morgan fingerprint density at radius 3 is 2.21 bits per heavy atom. The molecule has 0 bridgehead atoms. The highest BCUT2D eigenvalue weighted by Crippen LogP contribution is 2.30. The normalized spacial score (nSPS) is 10.7. The molecular weight excluding hydrogens is 374 g/mol. The predicted molar refractivity (Wildman–Crippen MR) is 110 cm³/mol. The fraction of sp³-hybridized carbons (Fsp3) is 0.286. The molecule has 0 aliphatic heterocycles. The van der Waals surface area contributed by atoms with E-state index in [0.717, 1.165) is 5.56 Å². The standard InChI is InChI=1S/C21H23N3O5/c1-4-23-15-9-5-6-10-16(15)24(21(27)20(23)26)13-18(25)22-12-14-8-7-11-17(28-2)19(14)29-3/h5-11H,4,12-13H2,1-3H3,(H,22,25). The van der Waals surface area contributed by atoms with Crippen molar-refractivity contribution >= 4 is 16.9 Å². The number of fused-ring (bicyclic) bond motifs is 1. The Morgan fingerprint density at radius 1 is 0.931 bits per heavy atom. The van der Waals surface area contributed by atoms with Crippen LogP contribution >= 0.6 is 0 Å². The minimum absolute atomic E-state index is 0.192. The van der Waals surface area contributed by atoms with Crippen LogP contribution in [0.1, 0.15) is 12.5 Å². The highest BCUT2D eigenvalue weighted by molar-refractivity contribution is 5.80. The highest BCUT2D eigenvalue weighted by Gasteiger charge is 2.15. The Morgan fingerprint density at radius 2 is 1.59 bits per heavy atom. The first kappa shape index (κ1) is 20.2. The zero-order valence-electron chi connectivity index (χ0n) is 16.6. The number of ether oxygens (including phenoxy) is 2. The molecule has 1 aromatic heterocycles. The average Bonchev–Trinajstić information content (AvgIpc) is 2.75. The summed E-state index contributed by atoms with van der Waals surface area (Å²) in [4.78, 5) is 37.5. The summed E-state index contributed by atoms with van der Waals surface area (Å²) in [5.74, 6) is 0.698. The topological polar surface area (TPSA) is 91.6 Å². The summed E-state index contributed by atoms with van der Waals surface area (Å²) < 4.78 is 13.2. The van der Waals surface area contributed by atoms with Crippen LogP contribution in [0.25, 0.3) is 11.0 Å². The third-order valence-corrected chi connectivity index (χ3v) is 4.72. The molecule has 8 heteroatoms. The minimum atomic E-state index is -0.723. The number of aryl methyl sites for hydroxylation is 1. The second kappa shape index (κ2) is 8.64. The fourth-order valence-corrected chi connectivity index (χ4v) is 3.33. The van der Waals surface area contributed by atoms with E-state index in [0.29, 0.717) is 29.1 Å². The molecule has 3 aromatic rings. The lowest BCUT2D eigenvalue weighted by molar-refractivity contribution is -0.121. The number of methoxy groups -OCH3 is 2. The molecule has 0 saturated carbocycles. The first-order valence-corrected chi connectivity index (χ1v) is 9.20. The van der Waals surface area contributed by atoms with Crippen molar-refractivity contribution in [2.75, 3.05) is 14.2 Å². The second-order valence-corrected chi connectivity index (χ2v) is 6.36. The summed E-state index contributed by atoms with van der Waals surface area (Å²) >= 11 is 0. The number of rotatable bonds is 7. The number of carbonyl (C=O) groups is 1. The highest BCUT2D eigenvalue weighted by atomic mass is 16.5. The van der Waals surface area contributed by atoms with Crippen LogP contribution < -0.4 is 25.9 Å². The molecule has 29 heavy (non-hydrogen) atoms. The van der Waals surface area contributed by atoms with Gasteiger partial charge in [-0.25, -0.2) is 0 Å². The van der Waals surface area contributed by atoms with Crippen LogP contribution in [-0.2, 0) is 24.4 Å². The maximum absolute atomic E-state index is 12.6. The van der Waals surface area contributed by atoms with E-state index >= 15 is 0 Å². The van der Waals surface area contributed by atoms with Gasteiger partial charge in [0.2, 0.25) is 5.91 Å². The van der Waals surface area contributed by atoms with Gasteiger partial charge in [-0.15, -0.1) is 0 Å². The van der Waals surface area contributed by atoms with Gasteiger partial charge in [-0.05, 0) is 25.1 Å². The molecule has 0 unspecified atom stereocenters. The molecule has 1 N–H and O–H groups in total. The van der Waals surface area contributed by atoms with Gasteiger partial charge in [0.15, 0.2) is 11.5 Å². The SMILES string of the molecule is CCn1c(=O)c(=O)n(CC(=O)NCc2cccc(OC)c2OC)c2ccccc21. The van der Waals surface area contributed by atoms with Gasteiger partial charge < -0.3 is 19.4 Å². The molecular formula is C21H23N3O5. The number of hydrogen-bond acceptors (Lipinski definition) is 5. The van der Waals surface area contributed by atoms with E-state index in [1.54, 1.807) is 43.3 Å². The Kier molecular flexibility index (Phi) is 6.01. The average molecular weight is 397 g/mol. The van der Waals surface area contributed by atoms with Crippen LogP contribution in [0.15, 0.2) is 52.1 Å². The molecule has 1 amide bonds. The van der Waals surface area contributed by atoms with Crippen molar-refractivity contribution in [1.82, 2.24) is 14.5 Å². The predicted octanol–water partition coefficient (Wildman–Crippen LogP) is 1.52. The minimum Gasteiger partial charge on any atom is -0.493 e. The molecule has 1 heterocycles. The first-order valence-electron chi connectivity index (χ1n) is 9.20. The van der Waals surface area contributed by atoms with Gasteiger partial charge in [-0.1, -0.05) is 24.3 Å². The van der Waals surface area contributed by atoms with E-state index in [9.17, 15) is 14.4 Å². The Hall–Kier alpha value is -3.55. The number of para-hydroxylation sites is 3. The van der Waals surface area contributed by atoms with Crippen LogP contribution in [0.5, 0.6) is 11.5 Å². The van der Waals surface area contributed by atoms with E-state index in [-0.39, 0.29) is 13.1 Å². The third kappa shape index (κ3) is 3.87. The lowest BCUT2D eigenvalue weighted by atomic mass is 10.2. The van der Waals surface area contributed by atoms with E-state index in [1.165, 1.54) is 23.4 Å². The number of amides is 1. The van der Waals surface area contributed by atoms with Gasteiger partial charge >= 0.3 is 11.1 Å². The molecule has 3 rings (SSSR count). The zero-order valence-corrected chi connectivity index (χ0v) is 16.6. The summed E-state index contributed by atoms with van der Waals surface area (Å²) in [6.07, 6.45) is 0. The largest absolute Gasteiger partial charge is 0.493 e. The van der Waals surface area contributed by atoms with Crippen LogP contribution in [0.4, 0.5) is 0 Å². The van der Waals surface area contributed by atoms with Crippen LogP contribution in [0.3, 0.4) is 0 Å². The van der Waals surface area contributed by atoms with Crippen molar-refractivity contribution in [2.45, 2.75) is 26.6 Å². The zero-order chi connectivity index (χ0) is 21.0.